The maximum atomic E-state index is 12.9. The predicted molar refractivity (Wildman–Crippen MR) is 129 cm³/mol. The van der Waals surface area contributed by atoms with Crippen molar-refractivity contribution in [2.75, 3.05) is 5.32 Å². The average molecular weight is 457 g/mol. The zero-order valence-electron chi connectivity index (χ0n) is 17.2. The van der Waals surface area contributed by atoms with Gasteiger partial charge in [-0.1, -0.05) is 83.8 Å². The summed E-state index contributed by atoms with van der Waals surface area (Å²) in [5.41, 5.74) is 4.65. The summed E-state index contributed by atoms with van der Waals surface area (Å²) >= 11 is 2.91. The summed E-state index contributed by atoms with van der Waals surface area (Å²) in [7, 11) is 0. The number of nitriles is 1. The first kappa shape index (κ1) is 21.8. The highest BCUT2D eigenvalue weighted by molar-refractivity contribution is 8.00. The summed E-state index contributed by atoms with van der Waals surface area (Å²) < 4.78 is 0.780. The summed E-state index contributed by atoms with van der Waals surface area (Å²) in [6.07, 6.45) is 1.66. The van der Waals surface area contributed by atoms with Gasteiger partial charge in [0.05, 0.1) is 11.6 Å². The van der Waals surface area contributed by atoms with Gasteiger partial charge in [-0.15, -0.1) is 10.2 Å². The van der Waals surface area contributed by atoms with E-state index in [1.54, 1.807) is 23.9 Å². The SMILES string of the molecule is N#Cc1ccc(CSc2nnc(NC(=O)c3ccccc3CCc3ccccc3)s2)cc1. The molecule has 3 aromatic carbocycles. The molecule has 158 valence electrons. The molecule has 4 rings (SSSR count). The Morgan fingerprint density at radius 2 is 1.66 bits per heavy atom. The minimum atomic E-state index is -0.173. The summed E-state index contributed by atoms with van der Waals surface area (Å²) in [4.78, 5) is 12.9. The van der Waals surface area contributed by atoms with Crippen molar-refractivity contribution in [3.8, 4) is 6.07 Å². The highest BCUT2D eigenvalue weighted by Crippen LogP contribution is 2.29. The van der Waals surface area contributed by atoms with Gasteiger partial charge in [-0.2, -0.15) is 5.26 Å². The van der Waals surface area contributed by atoms with Crippen molar-refractivity contribution in [1.29, 1.82) is 5.26 Å². The van der Waals surface area contributed by atoms with Crippen LogP contribution in [0.3, 0.4) is 0 Å². The van der Waals surface area contributed by atoms with Crippen LogP contribution in [0.2, 0.25) is 0 Å². The van der Waals surface area contributed by atoms with E-state index < -0.39 is 0 Å². The number of carbonyl (C=O) groups excluding carboxylic acids is 1. The monoisotopic (exact) mass is 456 g/mol. The maximum absolute atomic E-state index is 12.9. The van der Waals surface area contributed by atoms with Gasteiger partial charge in [0.25, 0.3) is 5.91 Å². The first-order valence-corrected chi connectivity index (χ1v) is 11.9. The van der Waals surface area contributed by atoms with Crippen LogP contribution in [0.1, 0.15) is 32.6 Å². The van der Waals surface area contributed by atoms with E-state index in [0.717, 1.165) is 34.1 Å². The third-order valence-corrected chi connectivity index (χ3v) is 6.90. The lowest BCUT2D eigenvalue weighted by atomic mass is 9.99. The fourth-order valence-electron chi connectivity index (χ4n) is 3.19. The van der Waals surface area contributed by atoms with E-state index in [2.05, 4.69) is 33.7 Å². The smallest absolute Gasteiger partial charge is 0.257 e. The number of hydrogen-bond acceptors (Lipinski definition) is 6. The highest BCUT2D eigenvalue weighted by atomic mass is 32.2. The van der Waals surface area contributed by atoms with E-state index >= 15 is 0 Å². The van der Waals surface area contributed by atoms with Crippen LogP contribution in [0, 0.1) is 11.3 Å². The van der Waals surface area contributed by atoms with Crippen molar-refractivity contribution >= 4 is 34.1 Å². The second-order valence-electron chi connectivity index (χ2n) is 7.07. The fourth-order valence-corrected chi connectivity index (χ4v) is 4.89. The molecule has 0 aliphatic rings. The van der Waals surface area contributed by atoms with Gasteiger partial charge in [-0.05, 0) is 47.7 Å². The van der Waals surface area contributed by atoms with Crippen LogP contribution < -0.4 is 5.32 Å². The lowest BCUT2D eigenvalue weighted by Crippen LogP contribution is -2.14. The minimum absolute atomic E-state index is 0.173. The van der Waals surface area contributed by atoms with Gasteiger partial charge in [0.15, 0.2) is 4.34 Å². The molecule has 0 aliphatic carbocycles. The van der Waals surface area contributed by atoms with Crippen molar-refractivity contribution in [3.63, 3.8) is 0 Å². The number of aryl methyl sites for hydroxylation is 2. The molecule has 0 spiro atoms. The number of rotatable bonds is 8. The largest absolute Gasteiger partial charge is 0.296 e. The Morgan fingerprint density at radius 1 is 0.906 bits per heavy atom. The number of thioether (sulfide) groups is 1. The van der Waals surface area contributed by atoms with Crippen LogP contribution in [0.5, 0.6) is 0 Å². The first-order valence-electron chi connectivity index (χ1n) is 10.1. The molecular weight excluding hydrogens is 436 g/mol. The molecule has 32 heavy (non-hydrogen) atoms. The third kappa shape index (κ3) is 5.82. The number of nitrogens with one attached hydrogen (secondary N) is 1. The number of aromatic nitrogens is 2. The summed E-state index contributed by atoms with van der Waals surface area (Å²) in [6, 6.07) is 27.5. The predicted octanol–water partition coefficient (Wildman–Crippen LogP) is 5.74. The molecule has 1 amide bonds. The quantitative estimate of drug-likeness (QED) is 0.270. The highest BCUT2D eigenvalue weighted by Gasteiger charge is 2.14. The van der Waals surface area contributed by atoms with Gasteiger partial charge in [0.2, 0.25) is 5.13 Å². The molecule has 5 nitrogen and oxygen atoms in total. The third-order valence-electron chi connectivity index (χ3n) is 4.86. The lowest BCUT2D eigenvalue weighted by Gasteiger charge is -2.09. The molecule has 1 N–H and O–H groups in total. The molecule has 0 bridgehead atoms. The number of benzene rings is 3. The second kappa shape index (κ2) is 10.7. The van der Waals surface area contributed by atoms with Crippen LogP contribution in [0.25, 0.3) is 0 Å². The van der Waals surface area contributed by atoms with Gasteiger partial charge in [-0.25, -0.2) is 0 Å². The van der Waals surface area contributed by atoms with E-state index in [1.165, 1.54) is 16.9 Å². The Kier molecular flexibility index (Phi) is 7.28. The molecule has 0 fully saturated rings. The molecule has 7 heteroatoms. The Labute approximate surface area is 195 Å². The van der Waals surface area contributed by atoms with Gasteiger partial charge >= 0.3 is 0 Å². The van der Waals surface area contributed by atoms with Gasteiger partial charge < -0.3 is 0 Å². The van der Waals surface area contributed by atoms with Crippen LogP contribution in [-0.2, 0) is 18.6 Å². The standard InChI is InChI=1S/C25H20N4OS2/c26-16-19-10-12-20(13-11-19)17-31-25-29-28-24(32-25)27-23(30)22-9-5-4-8-21(22)15-14-18-6-2-1-3-7-18/h1-13H,14-15,17H2,(H,27,28,30). The van der Waals surface area contributed by atoms with E-state index in [9.17, 15) is 4.79 Å². The molecule has 1 heterocycles. The molecule has 0 saturated heterocycles. The van der Waals surface area contributed by atoms with Gasteiger partial charge in [0, 0.05) is 11.3 Å². The Hall–Kier alpha value is -3.47. The number of amides is 1. The van der Waals surface area contributed by atoms with Crippen LogP contribution in [-0.4, -0.2) is 16.1 Å². The molecule has 4 aromatic rings. The van der Waals surface area contributed by atoms with Crippen molar-refractivity contribution in [1.82, 2.24) is 10.2 Å². The first-order chi connectivity index (χ1) is 15.7. The molecule has 0 atom stereocenters. The van der Waals surface area contributed by atoms with E-state index in [0.29, 0.717) is 16.3 Å². The Morgan fingerprint density at radius 3 is 2.44 bits per heavy atom. The van der Waals surface area contributed by atoms with Crippen molar-refractivity contribution < 1.29 is 4.79 Å². The van der Waals surface area contributed by atoms with Crippen molar-refractivity contribution in [3.05, 3.63) is 107 Å². The Bertz CT molecular complexity index is 1230. The second-order valence-corrected chi connectivity index (χ2v) is 9.27. The van der Waals surface area contributed by atoms with E-state index in [1.807, 2.05) is 54.6 Å². The average Bonchev–Trinajstić information content (AvgIpc) is 3.29. The van der Waals surface area contributed by atoms with Crippen molar-refractivity contribution in [2.45, 2.75) is 22.9 Å². The molecule has 1 aromatic heterocycles. The molecule has 0 aliphatic heterocycles. The molecular formula is C25H20N4OS2. The molecule has 0 unspecified atom stereocenters. The summed E-state index contributed by atoms with van der Waals surface area (Å²) in [5.74, 6) is 0.546. The summed E-state index contributed by atoms with van der Waals surface area (Å²) in [5, 5.41) is 20.5. The zero-order valence-corrected chi connectivity index (χ0v) is 18.8. The van der Waals surface area contributed by atoms with Crippen LogP contribution in [0.4, 0.5) is 5.13 Å². The minimum Gasteiger partial charge on any atom is -0.296 e. The van der Waals surface area contributed by atoms with E-state index in [4.69, 9.17) is 5.26 Å². The van der Waals surface area contributed by atoms with E-state index in [-0.39, 0.29) is 5.91 Å². The topological polar surface area (TPSA) is 78.7 Å². The fraction of sp³-hybridized carbons (Fsp3) is 0.120. The molecule has 0 saturated carbocycles. The normalized spacial score (nSPS) is 10.5. The number of anilines is 1. The Balaban J connectivity index is 1.36. The summed E-state index contributed by atoms with van der Waals surface area (Å²) in [6.45, 7) is 0. The number of hydrogen-bond donors (Lipinski definition) is 1. The van der Waals surface area contributed by atoms with Gasteiger partial charge in [-0.3, -0.25) is 10.1 Å². The van der Waals surface area contributed by atoms with Crippen molar-refractivity contribution in [2.24, 2.45) is 0 Å². The lowest BCUT2D eigenvalue weighted by molar-refractivity contribution is 0.102. The van der Waals surface area contributed by atoms with Crippen LogP contribution in [0.15, 0.2) is 83.2 Å². The number of nitrogens with zero attached hydrogens (tertiary/aromatic N) is 3. The maximum Gasteiger partial charge on any atom is 0.257 e. The van der Waals surface area contributed by atoms with Crippen LogP contribution >= 0.6 is 23.1 Å². The molecule has 0 radical (unpaired) electrons. The van der Waals surface area contributed by atoms with Gasteiger partial charge in [0.1, 0.15) is 0 Å². The zero-order chi connectivity index (χ0) is 22.2. The number of carbonyl (C=O) groups is 1.